The van der Waals surface area contributed by atoms with E-state index in [0.717, 1.165) is 12.8 Å². The molecule has 0 aromatic carbocycles. The number of aryl methyl sites for hydroxylation is 1. The summed E-state index contributed by atoms with van der Waals surface area (Å²) in [6, 6.07) is 1.51. The molecule has 1 aliphatic carbocycles. The summed E-state index contributed by atoms with van der Waals surface area (Å²) in [4.78, 5) is 37.9. The first-order valence-electron chi connectivity index (χ1n) is 6.97. The Morgan fingerprint density at radius 2 is 2.23 bits per heavy atom. The molecule has 0 aliphatic heterocycles. The van der Waals surface area contributed by atoms with Gasteiger partial charge >= 0.3 is 0 Å². The Labute approximate surface area is 126 Å². The third kappa shape index (κ3) is 2.80. The maximum Gasteiger partial charge on any atom is 0.254 e. The number of H-pyrrole nitrogens is 1. The van der Waals surface area contributed by atoms with Gasteiger partial charge in [-0.1, -0.05) is 0 Å². The highest BCUT2D eigenvalue weighted by Gasteiger charge is 2.33. The molecular formula is C14H16N6O2. The van der Waals surface area contributed by atoms with E-state index in [1.807, 2.05) is 0 Å². The van der Waals surface area contributed by atoms with Crippen LogP contribution in [0.25, 0.3) is 0 Å². The van der Waals surface area contributed by atoms with Gasteiger partial charge in [0.15, 0.2) is 0 Å². The normalized spacial score (nSPS) is 20.2. The van der Waals surface area contributed by atoms with Crippen LogP contribution < -0.4 is 16.6 Å². The summed E-state index contributed by atoms with van der Waals surface area (Å²) < 4.78 is 0. The molecule has 2 heterocycles. The molecule has 8 nitrogen and oxygen atoms in total. The second-order valence-electron chi connectivity index (χ2n) is 5.42. The maximum absolute atomic E-state index is 12.1. The standard InChI is InChI=1S/C14H16N6O2/c1-7-10(5-16-6-17-7)13(22)18-9-2-8(3-9)11-4-12(21)20-14(15)19-11/h4-6,8-9H,2-3H2,1H3,(H,18,22)(H3,15,19,20,21). The van der Waals surface area contributed by atoms with E-state index in [9.17, 15) is 9.59 Å². The first-order valence-corrected chi connectivity index (χ1v) is 6.97. The van der Waals surface area contributed by atoms with Gasteiger partial charge in [0, 0.05) is 24.2 Å². The monoisotopic (exact) mass is 300 g/mol. The molecule has 3 rings (SSSR count). The molecule has 0 bridgehead atoms. The molecule has 0 atom stereocenters. The quantitative estimate of drug-likeness (QED) is 0.739. The summed E-state index contributed by atoms with van der Waals surface area (Å²) >= 11 is 0. The molecule has 2 aromatic rings. The van der Waals surface area contributed by atoms with Gasteiger partial charge in [0.25, 0.3) is 11.5 Å². The van der Waals surface area contributed by atoms with Gasteiger partial charge in [-0.2, -0.15) is 0 Å². The molecule has 0 radical (unpaired) electrons. The van der Waals surface area contributed by atoms with Gasteiger partial charge in [0.05, 0.1) is 17.0 Å². The van der Waals surface area contributed by atoms with Crippen molar-refractivity contribution < 1.29 is 4.79 Å². The Hall–Kier alpha value is -2.77. The predicted octanol–water partition coefficient (Wildman–Crippen LogP) is 0.127. The van der Waals surface area contributed by atoms with Gasteiger partial charge in [-0.3, -0.25) is 14.6 Å². The molecule has 0 unspecified atom stereocenters. The lowest BCUT2D eigenvalue weighted by Gasteiger charge is -2.35. The third-order valence-electron chi connectivity index (χ3n) is 3.83. The van der Waals surface area contributed by atoms with Gasteiger partial charge in [-0.05, 0) is 19.8 Å². The lowest BCUT2D eigenvalue weighted by Crippen LogP contribution is -2.44. The van der Waals surface area contributed by atoms with Gasteiger partial charge in [0.2, 0.25) is 5.95 Å². The number of nitrogens with two attached hydrogens (primary N) is 1. The lowest BCUT2D eigenvalue weighted by molar-refractivity contribution is 0.0906. The average Bonchev–Trinajstić information content (AvgIpc) is 2.41. The number of rotatable bonds is 3. The van der Waals surface area contributed by atoms with Crippen molar-refractivity contribution >= 4 is 11.9 Å². The van der Waals surface area contributed by atoms with Crippen molar-refractivity contribution in [2.45, 2.75) is 31.7 Å². The van der Waals surface area contributed by atoms with Gasteiger partial charge in [-0.15, -0.1) is 0 Å². The molecular weight excluding hydrogens is 284 g/mol. The van der Waals surface area contributed by atoms with E-state index in [1.54, 1.807) is 6.92 Å². The Kier molecular flexibility index (Phi) is 3.58. The Balaban J connectivity index is 1.61. The van der Waals surface area contributed by atoms with Crippen LogP contribution in [0.1, 0.15) is 40.5 Å². The smallest absolute Gasteiger partial charge is 0.254 e. The lowest BCUT2D eigenvalue weighted by atomic mass is 9.78. The molecule has 0 spiro atoms. The molecule has 1 fully saturated rings. The topological polar surface area (TPSA) is 127 Å². The molecule has 114 valence electrons. The minimum Gasteiger partial charge on any atom is -0.369 e. The molecule has 8 heteroatoms. The number of nitrogens with zero attached hydrogens (tertiary/aromatic N) is 3. The third-order valence-corrected chi connectivity index (χ3v) is 3.83. The average molecular weight is 300 g/mol. The van der Waals surface area contributed by atoms with E-state index >= 15 is 0 Å². The van der Waals surface area contributed by atoms with Crippen LogP contribution in [0.15, 0.2) is 23.4 Å². The van der Waals surface area contributed by atoms with Crippen molar-refractivity contribution in [2.24, 2.45) is 0 Å². The minimum absolute atomic E-state index is 0.0550. The van der Waals surface area contributed by atoms with Crippen molar-refractivity contribution in [2.75, 3.05) is 5.73 Å². The van der Waals surface area contributed by atoms with Crippen molar-refractivity contribution in [3.05, 3.63) is 45.9 Å². The maximum atomic E-state index is 12.1. The zero-order valence-electron chi connectivity index (χ0n) is 12.0. The number of aromatic nitrogens is 4. The summed E-state index contributed by atoms with van der Waals surface area (Å²) in [6.45, 7) is 1.77. The number of nitrogens with one attached hydrogen (secondary N) is 2. The molecule has 1 amide bonds. The fourth-order valence-electron chi connectivity index (χ4n) is 2.56. The SMILES string of the molecule is Cc1ncncc1C(=O)NC1CC(c2cc(=O)[nH]c(N)n2)C1. The second-order valence-corrected chi connectivity index (χ2v) is 5.42. The van der Waals surface area contributed by atoms with E-state index in [4.69, 9.17) is 5.73 Å². The summed E-state index contributed by atoms with van der Waals surface area (Å²) in [7, 11) is 0. The highest BCUT2D eigenvalue weighted by atomic mass is 16.1. The Morgan fingerprint density at radius 1 is 1.45 bits per heavy atom. The van der Waals surface area contributed by atoms with Gasteiger partial charge in [-0.25, -0.2) is 15.0 Å². The number of nitrogen functional groups attached to an aromatic ring is 1. The first kappa shape index (κ1) is 14.2. The van der Waals surface area contributed by atoms with E-state index in [1.165, 1.54) is 18.6 Å². The van der Waals surface area contributed by atoms with Crippen LogP contribution in [0.5, 0.6) is 0 Å². The van der Waals surface area contributed by atoms with Crippen molar-refractivity contribution in [1.29, 1.82) is 0 Å². The summed E-state index contributed by atoms with van der Waals surface area (Å²) in [5.41, 5.74) is 7.07. The fourth-order valence-corrected chi connectivity index (χ4v) is 2.56. The Morgan fingerprint density at radius 3 is 2.91 bits per heavy atom. The van der Waals surface area contributed by atoms with Crippen LogP contribution in [-0.2, 0) is 0 Å². The number of amides is 1. The van der Waals surface area contributed by atoms with Gasteiger partial charge in [0.1, 0.15) is 6.33 Å². The predicted molar refractivity (Wildman–Crippen MR) is 79.3 cm³/mol. The van der Waals surface area contributed by atoms with Crippen LogP contribution in [0.3, 0.4) is 0 Å². The molecule has 4 N–H and O–H groups in total. The molecule has 1 saturated carbocycles. The highest BCUT2D eigenvalue weighted by molar-refractivity contribution is 5.95. The molecule has 2 aromatic heterocycles. The fraction of sp³-hybridized carbons (Fsp3) is 0.357. The first-order chi connectivity index (χ1) is 10.5. The van der Waals surface area contributed by atoms with Crippen LogP contribution in [0.2, 0.25) is 0 Å². The number of anilines is 1. The largest absolute Gasteiger partial charge is 0.369 e. The zero-order valence-corrected chi connectivity index (χ0v) is 12.0. The molecule has 0 saturated heterocycles. The zero-order chi connectivity index (χ0) is 15.7. The Bertz CT molecular complexity index is 766. The van der Waals surface area contributed by atoms with Gasteiger partial charge < -0.3 is 11.1 Å². The highest BCUT2D eigenvalue weighted by Crippen LogP contribution is 2.35. The van der Waals surface area contributed by atoms with E-state index in [-0.39, 0.29) is 29.4 Å². The number of carbonyl (C=O) groups is 1. The van der Waals surface area contributed by atoms with E-state index in [2.05, 4.69) is 25.3 Å². The molecule has 22 heavy (non-hydrogen) atoms. The van der Waals surface area contributed by atoms with Crippen LogP contribution >= 0.6 is 0 Å². The summed E-state index contributed by atoms with van der Waals surface area (Å²) in [5, 5.41) is 2.94. The number of hydrogen-bond acceptors (Lipinski definition) is 6. The summed E-state index contributed by atoms with van der Waals surface area (Å²) in [6.07, 6.45) is 4.38. The number of aromatic amines is 1. The van der Waals surface area contributed by atoms with E-state index < -0.39 is 0 Å². The summed E-state index contributed by atoms with van der Waals surface area (Å²) in [5.74, 6) is 0.0787. The van der Waals surface area contributed by atoms with Crippen LogP contribution in [-0.4, -0.2) is 31.9 Å². The second kappa shape index (κ2) is 5.55. The van der Waals surface area contributed by atoms with Crippen LogP contribution in [0, 0.1) is 6.92 Å². The van der Waals surface area contributed by atoms with Crippen molar-refractivity contribution in [3.8, 4) is 0 Å². The molecule has 1 aliphatic rings. The number of carbonyl (C=O) groups excluding carboxylic acids is 1. The van der Waals surface area contributed by atoms with Crippen LogP contribution in [0.4, 0.5) is 5.95 Å². The van der Waals surface area contributed by atoms with E-state index in [0.29, 0.717) is 17.0 Å². The van der Waals surface area contributed by atoms with Crippen molar-refractivity contribution in [3.63, 3.8) is 0 Å². The minimum atomic E-state index is -0.257. The number of hydrogen-bond donors (Lipinski definition) is 3. The van der Waals surface area contributed by atoms with Crippen molar-refractivity contribution in [1.82, 2.24) is 25.3 Å².